The van der Waals surface area contributed by atoms with Gasteiger partial charge in [0.25, 0.3) is 5.56 Å². The number of ether oxygens (including phenoxy) is 2. The van der Waals surface area contributed by atoms with Gasteiger partial charge in [0.1, 0.15) is 18.9 Å². The van der Waals surface area contributed by atoms with E-state index in [-0.39, 0.29) is 18.0 Å². The number of carbonyl (C=O) groups excluding carboxylic acids is 1. The summed E-state index contributed by atoms with van der Waals surface area (Å²) in [6, 6.07) is 10.1. The summed E-state index contributed by atoms with van der Waals surface area (Å²) in [5, 5.41) is 3.34. The molecule has 3 heterocycles. The molecule has 0 saturated heterocycles. The van der Waals surface area contributed by atoms with Crippen molar-refractivity contribution in [2.24, 2.45) is 0 Å². The van der Waals surface area contributed by atoms with Crippen LogP contribution in [-0.2, 0) is 11.3 Å². The van der Waals surface area contributed by atoms with E-state index in [1.165, 1.54) is 16.7 Å². The lowest BCUT2D eigenvalue weighted by Gasteiger charge is -2.21. The third-order valence-corrected chi connectivity index (χ3v) is 4.93. The summed E-state index contributed by atoms with van der Waals surface area (Å²) in [6.45, 7) is 4.11. The largest absolute Gasteiger partial charge is 0.486 e. The van der Waals surface area contributed by atoms with Crippen molar-refractivity contribution in [3.05, 3.63) is 63.7 Å². The normalized spacial score (nSPS) is 12.9. The maximum Gasteiger partial charge on any atom is 0.258 e. The minimum absolute atomic E-state index is 0.159. The summed E-state index contributed by atoms with van der Waals surface area (Å²) < 4.78 is 12.4. The summed E-state index contributed by atoms with van der Waals surface area (Å²) >= 11 is 5.95. The Bertz CT molecular complexity index is 1150. The van der Waals surface area contributed by atoms with Gasteiger partial charge in [-0.1, -0.05) is 18.5 Å². The molecule has 0 atom stereocenters. The first-order valence-electron chi connectivity index (χ1n) is 9.61. The molecule has 1 aliphatic rings. The number of hydrogen-bond acceptors (Lipinski definition) is 6. The molecule has 30 heavy (non-hydrogen) atoms. The van der Waals surface area contributed by atoms with Crippen molar-refractivity contribution in [3.8, 4) is 11.5 Å². The molecule has 1 aromatic carbocycles. The third-order valence-electron chi connectivity index (χ3n) is 4.70. The molecule has 0 unspecified atom stereocenters. The first-order valence-corrected chi connectivity index (χ1v) is 9.99. The van der Waals surface area contributed by atoms with Gasteiger partial charge < -0.3 is 14.8 Å². The topological polar surface area (TPSA) is 85.2 Å². The molecule has 1 aliphatic heterocycles. The number of aromatic nitrogens is 2. The van der Waals surface area contributed by atoms with Gasteiger partial charge in [0.2, 0.25) is 5.91 Å². The van der Waals surface area contributed by atoms with E-state index < -0.39 is 0 Å². The van der Waals surface area contributed by atoms with Crippen LogP contribution in [0, 0.1) is 0 Å². The number of carbonyl (C=O) groups is 1. The average molecular weight is 429 g/mol. The van der Waals surface area contributed by atoms with E-state index in [1.54, 1.807) is 30.3 Å². The number of fused-ring (bicyclic) bond motifs is 2. The lowest BCUT2D eigenvalue weighted by atomic mass is 10.2. The van der Waals surface area contributed by atoms with E-state index in [0.29, 0.717) is 59.9 Å². The third kappa shape index (κ3) is 4.55. The van der Waals surface area contributed by atoms with Crippen LogP contribution in [0.15, 0.2) is 47.4 Å². The maximum atomic E-state index is 12.5. The summed E-state index contributed by atoms with van der Waals surface area (Å²) in [6.07, 6.45) is 1.54. The van der Waals surface area contributed by atoms with Crippen molar-refractivity contribution in [1.82, 2.24) is 14.3 Å². The number of anilines is 1. The second-order valence-electron chi connectivity index (χ2n) is 6.87. The van der Waals surface area contributed by atoms with Gasteiger partial charge in [-0.15, -0.1) is 0 Å². The van der Waals surface area contributed by atoms with Crippen LogP contribution >= 0.6 is 11.6 Å². The molecular weight excluding hydrogens is 408 g/mol. The predicted molar refractivity (Wildman–Crippen MR) is 113 cm³/mol. The first kappa shape index (κ1) is 20.2. The van der Waals surface area contributed by atoms with Crippen molar-refractivity contribution in [2.45, 2.75) is 13.5 Å². The highest BCUT2D eigenvalue weighted by atomic mass is 35.5. The van der Waals surface area contributed by atoms with Crippen LogP contribution < -0.4 is 20.3 Å². The number of likely N-dealkylation sites (N-methyl/N-ethyl adjacent to an activating group) is 1. The lowest BCUT2D eigenvalue weighted by molar-refractivity contribution is -0.117. The van der Waals surface area contributed by atoms with E-state index in [2.05, 4.69) is 10.3 Å². The summed E-state index contributed by atoms with van der Waals surface area (Å²) in [4.78, 5) is 31.3. The first-order chi connectivity index (χ1) is 14.5. The average Bonchev–Trinajstić information content (AvgIpc) is 2.73. The van der Waals surface area contributed by atoms with Crippen LogP contribution in [0.25, 0.3) is 5.65 Å². The summed E-state index contributed by atoms with van der Waals surface area (Å²) in [5.41, 5.74) is 1.53. The fourth-order valence-corrected chi connectivity index (χ4v) is 3.40. The molecule has 156 valence electrons. The van der Waals surface area contributed by atoms with E-state index in [4.69, 9.17) is 21.1 Å². The molecule has 0 fully saturated rings. The highest BCUT2D eigenvalue weighted by Crippen LogP contribution is 2.32. The number of halogens is 1. The van der Waals surface area contributed by atoms with Gasteiger partial charge in [-0.3, -0.25) is 18.9 Å². The second kappa shape index (κ2) is 8.73. The van der Waals surface area contributed by atoms with Gasteiger partial charge in [0.15, 0.2) is 11.5 Å². The molecule has 0 bridgehead atoms. The Morgan fingerprint density at radius 1 is 1.20 bits per heavy atom. The molecule has 0 radical (unpaired) electrons. The summed E-state index contributed by atoms with van der Waals surface area (Å²) in [7, 11) is 0. The van der Waals surface area contributed by atoms with Crippen LogP contribution in [0.4, 0.5) is 5.69 Å². The Kier molecular flexibility index (Phi) is 5.87. The van der Waals surface area contributed by atoms with E-state index in [0.717, 1.165) is 0 Å². The quantitative estimate of drug-likeness (QED) is 0.649. The minimum Gasteiger partial charge on any atom is -0.486 e. The van der Waals surface area contributed by atoms with Gasteiger partial charge in [-0.25, -0.2) is 4.98 Å². The Morgan fingerprint density at radius 3 is 2.80 bits per heavy atom. The zero-order chi connectivity index (χ0) is 21.1. The molecule has 4 rings (SSSR count). The molecule has 2 aromatic heterocycles. The monoisotopic (exact) mass is 428 g/mol. The molecule has 1 N–H and O–H groups in total. The standard InChI is InChI=1S/C21H21ClN4O4/c1-2-25(12-16-10-21(28)26-11-14(22)3-6-19(26)23-16)13-20(27)24-15-4-5-17-18(9-15)30-8-7-29-17/h3-6,9-11H,2,7-8,12-13H2,1H3,(H,24,27). The Hall–Kier alpha value is -3.10. The smallest absolute Gasteiger partial charge is 0.258 e. The van der Waals surface area contributed by atoms with Crippen LogP contribution in [0.2, 0.25) is 5.02 Å². The molecule has 0 saturated carbocycles. The molecule has 0 spiro atoms. The van der Waals surface area contributed by atoms with E-state index in [1.807, 2.05) is 11.8 Å². The van der Waals surface area contributed by atoms with Crippen molar-refractivity contribution in [2.75, 3.05) is 31.6 Å². The number of pyridine rings is 1. The molecular formula is C21H21ClN4O4. The molecule has 9 heteroatoms. The zero-order valence-corrected chi connectivity index (χ0v) is 17.2. The molecule has 8 nitrogen and oxygen atoms in total. The number of rotatable bonds is 6. The van der Waals surface area contributed by atoms with Gasteiger partial charge in [0, 0.05) is 30.6 Å². The number of amides is 1. The van der Waals surface area contributed by atoms with Crippen molar-refractivity contribution < 1.29 is 14.3 Å². The fourth-order valence-electron chi connectivity index (χ4n) is 3.24. The van der Waals surface area contributed by atoms with Crippen molar-refractivity contribution >= 4 is 28.8 Å². The predicted octanol–water partition coefficient (Wildman–Crippen LogP) is 2.58. The SMILES string of the molecule is CCN(CC(=O)Nc1ccc2c(c1)OCCO2)Cc1cc(=O)n2cc(Cl)ccc2n1. The maximum absolute atomic E-state index is 12.5. The molecule has 1 amide bonds. The van der Waals surface area contributed by atoms with Crippen molar-refractivity contribution in [3.63, 3.8) is 0 Å². The number of nitrogens with one attached hydrogen (secondary N) is 1. The van der Waals surface area contributed by atoms with Crippen molar-refractivity contribution in [1.29, 1.82) is 0 Å². The van der Waals surface area contributed by atoms with E-state index >= 15 is 0 Å². The molecule has 3 aromatic rings. The van der Waals surface area contributed by atoms with Crippen LogP contribution in [-0.4, -0.2) is 46.5 Å². The Balaban J connectivity index is 1.43. The highest BCUT2D eigenvalue weighted by Gasteiger charge is 2.15. The summed E-state index contributed by atoms with van der Waals surface area (Å²) in [5.74, 6) is 1.12. The highest BCUT2D eigenvalue weighted by molar-refractivity contribution is 6.30. The fraction of sp³-hybridized carbons (Fsp3) is 0.286. The zero-order valence-electron chi connectivity index (χ0n) is 16.4. The van der Waals surface area contributed by atoms with Gasteiger partial charge in [-0.2, -0.15) is 0 Å². The Labute approximate surface area is 178 Å². The minimum atomic E-state index is -0.214. The van der Waals surface area contributed by atoms with Crippen LogP contribution in [0.3, 0.4) is 0 Å². The lowest BCUT2D eigenvalue weighted by Crippen LogP contribution is -2.33. The molecule has 0 aliphatic carbocycles. The van der Waals surface area contributed by atoms with Gasteiger partial charge in [0.05, 0.1) is 17.3 Å². The van der Waals surface area contributed by atoms with Crippen LogP contribution in [0.1, 0.15) is 12.6 Å². The second-order valence-corrected chi connectivity index (χ2v) is 7.31. The number of nitrogens with zero attached hydrogens (tertiary/aromatic N) is 3. The number of benzene rings is 1. The van der Waals surface area contributed by atoms with Gasteiger partial charge in [-0.05, 0) is 30.8 Å². The van der Waals surface area contributed by atoms with E-state index in [9.17, 15) is 9.59 Å². The Morgan fingerprint density at radius 2 is 2.00 bits per heavy atom. The van der Waals surface area contributed by atoms with Crippen LogP contribution in [0.5, 0.6) is 11.5 Å². The van der Waals surface area contributed by atoms with Gasteiger partial charge >= 0.3 is 0 Å². The number of hydrogen-bond donors (Lipinski definition) is 1.